The Morgan fingerprint density at radius 3 is 2.36 bits per heavy atom. The minimum absolute atomic E-state index is 0.651. The van der Waals surface area contributed by atoms with Crippen LogP contribution in [0.5, 0.6) is 0 Å². The topological polar surface area (TPSA) is 29.4 Å². The van der Waals surface area contributed by atoms with E-state index in [1.165, 1.54) is 31.8 Å². The first-order chi connectivity index (χ1) is 5.41. The van der Waals surface area contributed by atoms with Crippen LogP contribution < -0.4 is 0 Å². The Kier molecular flexibility index (Phi) is 9.73. The smallest absolute Gasteiger partial charge is 0.211 e. The van der Waals surface area contributed by atoms with Crippen molar-refractivity contribution in [2.24, 2.45) is 4.99 Å². The summed E-state index contributed by atoms with van der Waals surface area (Å²) in [7, 11) is 0. The number of halogens is 1. The van der Waals surface area contributed by atoms with Crippen molar-refractivity contribution in [3.05, 3.63) is 0 Å². The van der Waals surface area contributed by atoms with E-state index in [0.29, 0.717) is 6.54 Å². The van der Waals surface area contributed by atoms with Gasteiger partial charge in [0.2, 0.25) is 6.08 Å². The molecule has 0 amide bonds. The third kappa shape index (κ3) is 9.86. The van der Waals surface area contributed by atoms with E-state index in [0.717, 1.165) is 11.8 Å². The summed E-state index contributed by atoms with van der Waals surface area (Å²) in [4.78, 5) is 13.1. The zero-order chi connectivity index (χ0) is 8.36. The Balaban J connectivity index is 2.84. The van der Waals surface area contributed by atoms with Gasteiger partial charge in [0.1, 0.15) is 0 Å². The number of hydrogen-bond donors (Lipinski definition) is 0. The standard InChI is InChI=1S/C8H14BrNO/c9-6-4-2-1-3-5-7-10-8-11/h1-7H2. The van der Waals surface area contributed by atoms with Crippen LogP contribution in [-0.4, -0.2) is 18.0 Å². The molecule has 3 heteroatoms. The maximum absolute atomic E-state index is 9.64. The highest BCUT2D eigenvalue weighted by Crippen LogP contribution is 2.04. The van der Waals surface area contributed by atoms with E-state index in [-0.39, 0.29) is 0 Å². The lowest BCUT2D eigenvalue weighted by Crippen LogP contribution is -1.82. The molecule has 0 aliphatic rings. The number of isocyanates is 1. The normalized spacial score (nSPS) is 9.18. The van der Waals surface area contributed by atoms with Crippen molar-refractivity contribution in [3.63, 3.8) is 0 Å². The molecule has 0 aromatic heterocycles. The lowest BCUT2D eigenvalue weighted by atomic mass is 10.2. The van der Waals surface area contributed by atoms with Crippen LogP contribution >= 0.6 is 15.9 Å². The van der Waals surface area contributed by atoms with E-state index in [1.54, 1.807) is 0 Å². The Labute approximate surface area is 76.2 Å². The predicted molar refractivity (Wildman–Crippen MR) is 49.9 cm³/mol. The number of rotatable bonds is 7. The molecular formula is C8H14BrNO. The Bertz CT molecular complexity index is 121. The molecule has 0 aromatic carbocycles. The number of hydrogen-bond acceptors (Lipinski definition) is 2. The fraction of sp³-hybridized carbons (Fsp3) is 0.875. The van der Waals surface area contributed by atoms with E-state index in [9.17, 15) is 4.79 Å². The second-order valence-electron chi connectivity index (χ2n) is 2.43. The fourth-order valence-corrected chi connectivity index (χ4v) is 1.26. The molecule has 64 valence electrons. The summed E-state index contributed by atoms with van der Waals surface area (Å²) in [5, 5.41) is 1.10. The predicted octanol–water partition coefficient (Wildman–Crippen LogP) is 2.67. The number of aliphatic imine (C=N–C) groups is 1. The van der Waals surface area contributed by atoms with Crippen molar-refractivity contribution in [1.82, 2.24) is 0 Å². The average Bonchev–Trinajstić information content (AvgIpc) is 2.03. The highest BCUT2D eigenvalue weighted by atomic mass is 79.9. The SMILES string of the molecule is O=C=NCCCCCCCBr. The molecule has 0 atom stereocenters. The van der Waals surface area contributed by atoms with Crippen molar-refractivity contribution >= 4 is 22.0 Å². The Morgan fingerprint density at radius 1 is 1.09 bits per heavy atom. The highest BCUT2D eigenvalue weighted by molar-refractivity contribution is 9.09. The van der Waals surface area contributed by atoms with E-state index in [4.69, 9.17) is 0 Å². The first kappa shape index (κ1) is 10.9. The quantitative estimate of drug-likeness (QED) is 0.280. The third-order valence-corrected chi connectivity index (χ3v) is 2.03. The van der Waals surface area contributed by atoms with Crippen LogP contribution in [-0.2, 0) is 4.79 Å². The largest absolute Gasteiger partial charge is 0.234 e. The number of nitrogens with zero attached hydrogens (tertiary/aromatic N) is 1. The summed E-state index contributed by atoms with van der Waals surface area (Å²) >= 11 is 3.37. The average molecular weight is 220 g/mol. The molecule has 0 saturated heterocycles. The van der Waals surface area contributed by atoms with Crippen LogP contribution in [0, 0.1) is 0 Å². The molecule has 11 heavy (non-hydrogen) atoms. The number of unbranched alkanes of at least 4 members (excludes halogenated alkanes) is 4. The summed E-state index contributed by atoms with van der Waals surface area (Å²) in [5.41, 5.74) is 0. The molecule has 0 fully saturated rings. The molecule has 2 nitrogen and oxygen atoms in total. The second kappa shape index (κ2) is 9.86. The van der Waals surface area contributed by atoms with Gasteiger partial charge in [0.25, 0.3) is 0 Å². The molecule has 0 N–H and O–H groups in total. The van der Waals surface area contributed by atoms with Gasteiger partial charge in [0.15, 0.2) is 0 Å². The lowest BCUT2D eigenvalue weighted by Gasteiger charge is -1.95. The molecule has 0 saturated carbocycles. The third-order valence-electron chi connectivity index (χ3n) is 1.47. The zero-order valence-corrected chi connectivity index (χ0v) is 8.27. The molecule has 0 aliphatic heterocycles. The first-order valence-electron chi connectivity index (χ1n) is 4.01. The summed E-state index contributed by atoms with van der Waals surface area (Å²) in [6, 6.07) is 0. The number of alkyl halides is 1. The van der Waals surface area contributed by atoms with Crippen molar-refractivity contribution in [2.75, 3.05) is 11.9 Å². The van der Waals surface area contributed by atoms with Gasteiger partial charge in [-0.1, -0.05) is 35.2 Å². The maximum atomic E-state index is 9.64. The molecule has 0 spiro atoms. The van der Waals surface area contributed by atoms with Crippen LogP contribution in [0.2, 0.25) is 0 Å². The van der Waals surface area contributed by atoms with Gasteiger partial charge in [-0.3, -0.25) is 0 Å². The Morgan fingerprint density at radius 2 is 1.73 bits per heavy atom. The summed E-state index contributed by atoms with van der Waals surface area (Å²) in [6.07, 6.45) is 7.51. The van der Waals surface area contributed by atoms with Crippen LogP contribution in [0.3, 0.4) is 0 Å². The van der Waals surface area contributed by atoms with Crippen molar-refractivity contribution in [2.45, 2.75) is 32.1 Å². The summed E-state index contributed by atoms with van der Waals surface area (Å²) in [5.74, 6) is 0. The maximum Gasteiger partial charge on any atom is 0.234 e. The molecule has 0 radical (unpaired) electrons. The van der Waals surface area contributed by atoms with Gasteiger partial charge < -0.3 is 0 Å². The molecule has 0 unspecified atom stereocenters. The monoisotopic (exact) mass is 219 g/mol. The van der Waals surface area contributed by atoms with Gasteiger partial charge in [-0.25, -0.2) is 9.79 Å². The fourth-order valence-electron chi connectivity index (χ4n) is 0.861. The molecular weight excluding hydrogens is 206 g/mol. The van der Waals surface area contributed by atoms with E-state index in [2.05, 4.69) is 20.9 Å². The van der Waals surface area contributed by atoms with Gasteiger partial charge in [-0.05, 0) is 12.8 Å². The van der Waals surface area contributed by atoms with Gasteiger partial charge in [-0.2, -0.15) is 0 Å². The van der Waals surface area contributed by atoms with Gasteiger partial charge in [0.05, 0.1) is 6.54 Å². The summed E-state index contributed by atoms with van der Waals surface area (Å²) < 4.78 is 0. The first-order valence-corrected chi connectivity index (χ1v) is 5.13. The zero-order valence-electron chi connectivity index (χ0n) is 6.68. The van der Waals surface area contributed by atoms with Crippen molar-refractivity contribution < 1.29 is 4.79 Å². The van der Waals surface area contributed by atoms with Gasteiger partial charge in [0, 0.05) is 5.33 Å². The Hall–Kier alpha value is -0.140. The van der Waals surface area contributed by atoms with E-state index in [1.807, 2.05) is 0 Å². The van der Waals surface area contributed by atoms with E-state index >= 15 is 0 Å². The van der Waals surface area contributed by atoms with Gasteiger partial charge >= 0.3 is 0 Å². The highest BCUT2D eigenvalue weighted by Gasteiger charge is 1.88. The van der Waals surface area contributed by atoms with Crippen LogP contribution in [0.4, 0.5) is 0 Å². The van der Waals surface area contributed by atoms with Gasteiger partial charge in [-0.15, -0.1) is 0 Å². The van der Waals surface area contributed by atoms with Crippen molar-refractivity contribution in [1.29, 1.82) is 0 Å². The molecule has 0 aromatic rings. The van der Waals surface area contributed by atoms with E-state index < -0.39 is 0 Å². The minimum atomic E-state index is 0.651. The lowest BCUT2D eigenvalue weighted by molar-refractivity contribution is 0.561. The molecule has 0 rings (SSSR count). The molecule has 0 aliphatic carbocycles. The number of carbonyl (C=O) groups excluding carboxylic acids is 1. The molecule has 0 heterocycles. The summed E-state index contributed by atoms with van der Waals surface area (Å²) in [6.45, 7) is 0.651. The second-order valence-corrected chi connectivity index (χ2v) is 3.22. The van der Waals surface area contributed by atoms with Crippen LogP contribution in [0.15, 0.2) is 4.99 Å². The van der Waals surface area contributed by atoms with Crippen LogP contribution in [0.1, 0.15) is 32.1 Å². The van der Waals surface area contributed by atoms with Crippen molar-refractivity contribution in [3.8, 4) is 0 Å². The molecule has 0 bridgehead atoms. The minimum Gasteiger partial charge on any atom is -0.211 e. The van der Waals surface area contributed by atoms with Crippen LogP contribution in [0.25, 0.3) is 0 Å².